The topological polar surface area (TPSA) is 38.8 Å². The van der Waals surface area contributed by atoms with E-state index in [4.69, 9.17) is 0 Å². The van der Waals surface area contributed by atoms with E-state index in [1.807, 2.05) is 45.0 Å². The Kier molecular flexibility index (Phi) is 5.35. The molecule has 1 aliphatic heterocycles. The molecule has 138 valence electrons. The Balaban J connectivity index is 1.56. The molecule has 3 rings (SSSR count). The van der Waals surface area contributed by atoms with Gasteiger partial charge < -0.3 is 20.0 Å². The molecule has 2 aromatic carbocycles. The summed E-state index contributed by atoms with van der Waals surface area (Å²) >= 11 is 0. The van der Waals surface area contributed by atoms with Crippen molar-refractivity contribution in [2.75, 3.05) is 55.4 Å². The third-order valence-electron chi connectivity index (χ3n) is 4.77. The van der Waals surface area contributed by atoms with Gasteiger partial charge in [0.05, 0.1) is 0 Å². The van der Waals surface area contributed by atoms with Gasteiger partial charge in [-0.25, -0.2) is 4.79 Å². The number of nitrogens with zero attached hydrogens (tertiary/aromatic N) is 3. The molecule has 2 amide bonds. The minimum atomic E-state index is -0.0161. The zero-order chi connectivity index (χ0) is 18.7. The minimum absolute atomic E-state index is 0.0161. The van der Waals surface area contributed by atoms with E-state index in [1.54, 1.807) is 0 Å². The molecule has 0 saturated carbocycles. The van der Waals surface area contributed by atoms with Crippen LogP contribution in [0, 0.1) is 13.8 Å². The lowest BCUT2D eigenvalue weighted by atomic mass is 10.1. The van der Waals surface area contributed by atoms with Crippen LogP contribution in [0.3, 0.4) is 0 Å². The average molecular weight is 352 g/mol. The number of urea groups is 1. The van der Waals surface area contributed by atoms with Crippen molar-refractivity contribution in [1.82, 2.24) is 4.90 Å². The molecule has 0 bridgehead atoms. The Morgan fingerprint density at radius 2 is 1.50 bits per heavy atom. The molecular weight excluding hydrogens is 324 g/mol. The average Bonchev–Trinajstić information content (AvgIpc) is 2.61. The first-order valence-electron chi connectivity index (χ1n) is 9.09. The summed E-state index contributed by atoms with van der Waals surface area (Å²) in [4.78, 5) is 18.9. The van der Waals surface area contributed by atoms with E-state index in [1.165, 1.54) is 11.4 Å². The summed E-state index contributed by atoms with van der Waals surface area (Å²) in [7, 11) is 4.09. The number of rotatable bonds is 3. The summed E-state index contributed by atoms with van der Waals surface area (Å²) in [6.45, 7) is 7.24. The molecule has 0 aliphatic carbocycles. The molecule has 26 heavy (non-hydrogen) atoms. The van der Waals surface area contributed by atoms with Crippen LogP contribution in [0.15, 0.2) is 42.5 Å². The van der Waals surface area contributed by atoms with Crippen molar-refractivity contribution in [2.45, 2.75) is 13.8 Å². The molecule has 1 heterocycles. The third kappa shape index (κ3) is 4.28. The zero-order valence-electron chi connectivity index (χ0n) is 16.1. The number of carbonyl (C=O) groups excluding carboxylic acids is 1. The zero-order valence-corrected chi connectivity index (χ0v) is 16.1. The van der Waals surface area contributed by atoms with E-state index in [2.05, 4.69) is 45.4 Å². The lowest BCUT2D eigenvalue weighted by Gasteiger charge is -2.36. The number of nitrogens with one attached hydrogen (secondary N) is 1. The van der Waals surface area contributed by atoms with Crippen LogP contribution in [-0.4, -0.2) is 51.2 Å². The Hall–Kier alpha value is -2.69. The molecule has 1 N–H and O–H groups in total. The van der Waals surface area contributed by atoms with Crippen LogP contribution in [0.2, 0.25) is 0 Å². The fraction of sp³-hybridized carbons (Fsp3) is 0.381. The fourth-order valence-corrected chi connectivity index (χ4v) is 3.38. The van der Waals surface area contributed by atoms with Crippen molar-refractivity contribution in [3.8, 4) is 0 Å². The Labute approximate surface area is 156 Å². The molecule has 5 heteroatoms. The molecule has 0 aromatic heterocycles. The van der Waals surface area contributed by atoms with Crippen molar-refractivity contribution >= 4 is 23.1 Å². The number of amides is 2. The van der Waals surface area contributed by atoms with Gasteiger partial charge >= 0.3 is 6.03 Å². The van der Waals surface area contributed by atoms with E-state index in [0.29, 0.717) is 0 Å². The largest absolute Gasteiger partial charge is 0.378 e. The molecule has 1 saturated heterocycles. The molecule has 0 unspecified atom stereocenters. The molecule has 0 atom stereocenters. The number of hydrogen-bond acceptors (Lipinski definition) is 3. The van der Waals surface area contributed by atoms with Gasteiger partial charge in [-0.3, -0.25) is 0 Å². The first kappa shape index (κ1) is 18.1. The van der Waals surface area contributed by atoms with Gasteiger partial charge in [0.1, 0.15) is 0 Å². The second-order valence-electron chi connectivity index (χ2n) is 7.19. The van der Waals surface area contributed by atoms with Crippen molar-refractivity contribution in [3.05, 3.63) is 53.6 Å². The SMILES string of the molecule is Cc1cc(C)cc(NC(=O)N2CCN(c3ccc(N(C)C)cc3)CC2)c1. The summed E-state index contributed by atoms with van der Waals surface area (Å²) in [5, 5.41) is 3.03. The molecule has 5 nitrogen and oxygen atoms in total. The number of carbonyl (C=O) groups is 1. The van der Waals surface area contributed by atoms with E-state index in [-0.39, 0.29) is 6.03 Å². The van der Waals surface area contributed by atoms with Crippen LogP contribution in [0.25, 0.3) is 0 Å². The summed E-state index contributed by atoms with van der Waals surface area (Å²) in [6.07, 6.45) is 0. The molecule has 1 fully saturated rings. The Morgan fingerprint density at radius 1 is 0.923 bits per heavy atom. The van der Waals surface area contributed by atoms with Gasteiger partial charge in [-0.05, 0) is 61.4 Å². The van der Waals surface area contributed by atoms with Crippen LogP contribution in [0.1, 0.15) is 11.1 Å². The molecule has 1 aliphatic rings. The molecular formula is C21H28N4O. The van der Waals surface area contributed by atoms with Gasteiger partial charge in [0.2, 0.25) is 0 Å². The van der Waals surface area contributed by atoms with Crippen LogP contribution >= 0.6 is 0 Å². The second kappa shape index (κ2) is 7.68. The fourth-order valence-electron chi connectivity index (χ4n) is 3.38. The highest BCUT2D eigenvalue weighted by molar-refractivity contribution is 5.89. The summed E-state index contributed by atoms with van der Waals surface area (Å²) in [5.41, 5.74) is 5.59. The number of hydrogen-bond donors (Lipinski definition) is 1. The van der Waals surface area contributed by atoms with Crippen LogP contribution < -0.4 is 15.1 Å². The number of aryl methyl sites for hydroxylation is 2. The highest BCUT2D eigenvalue weighted by atomic mass is 16.2. The first-order chi connectivity index (χ1) is 12.4. The predicted octanol–water partition coefficient (Wildman–Crippen LogP) is 3.72. The van der Waals surface area contributed by atoms with Crippen molar-refractivity contribution in [1.29, 1.82) is 0 Å². The Morgan fingerprint density at radius 3 is 2.04 bits per heavy atom. The summed E-state index contributed by atoms with van der Waals surface area (Å²) in [5.74, 6) is 0. The van der Waals surface area contributed by atoms with E-state index in [0.717, 1.165) is 43.0 Å². The van der Waals surface area contributed by atoms with Gasteiger partial charge in [0, 0.05) is 57.3 Å². The number of benzene rings is 2. The maximum Gasteiger partial charge on any atom is 0.321 e. The van der Waals surface area contributed by atoms with Crippen LogP contribution in [0.5, 0.6) is 0 Å². The second-order valence-corrected chi connectivity index (χ2v) is 7.19. The summed E-state index contributed by atoms with van der Waals surface area (Å²) in [6, 6.07) is 14.7. The lowest BCUT2D eigenvalue weighted by molar-refractivity contribution is 0.208. The van der Waals surface area contributed by atoms with Gasteiger partial charge in [-0.1, -0.05) is 6.07 Å². The first-order valence-corrected chi connectivity index (χ1v) is 9.09. The summed E-state index contributed by atoms with van der Waals surface area (Å²) < 4.78 is 0. The van der Waals surface area contributed by atoms with Gasteiger partial charge in [0.15, 0.2) is 0 Å². The third-order valence-corrected chi connectivity index (χ3v) is 4.77. The van der Waals surface area contributed by atoms with Crippen molar-refractivity contribution in [2.24, 2.45) is 0 Å². The van der Waals surface area contributed by atoms with Crippen molar-refractivity contribution in [3.63, 3.8) is 0 Å². The monoisotopic (exact) mass is 352 g/mol. The van der Waals surface area contributed by atoms with Crippen LogP contribution in [0.4, 0.5) is 21.9 Å². The van der Waals surface area contributed by atoms with Crippen LogP contribution in [-0.2, 0) is 0 Å². The van der Waals surface area contributed by atoms with E-state index >= 15 is 0 Å². The highest BCUT2D eigenvalue weighted by Gasteiger charge is 2.21. The highest BCUT2D eigenvalue weighted by Crippen LogP contribution is 2.21. The van der Waals surface area contributed by atoms with Gasteiger partial charge in [-0.15, -0.1) is 0 Å². The molecule has 2 aromatic rings. The van der Waals surface area contributed by atoms with E-state index in [9.17, 15) is 4.79 Å². The normalized spacial score (nSPS) is 14.3. The van der Waals surface area contributed by atoms with Gasteiger partial charge in [-0.2, -0.15) is 0 Å². The minimum Gasteiger partial charge on any atom is -0.378 e. The quantitative estimate of drug-likeness (QED) is 0.915. The number of anilines is 3. The predicted molar refractivity (Wildman–Crippen MR) is 109 cm³/mol. The molecule has 0 radical (unpaired) electrons. The lowest BCUT2D eigenvalue weighted by Crippen LogP contribution is -2.50. The maximum atomic E-state index is 12.5. The Bertz CT molecular complexity index is 742. The standard InChI is InChI=1S/C21H28N4O/c1-16-13-17(2)15-18(14-16)22-21(26)25-11-9-24(10-12-25)20-7-5-19(6-8-20)23(3)4/h5-8,13-15H,9-12H2,1-4H3,(H,22,26). The number of piperazine rings is 1. The van der Waals surface area contributed by atoms with Crippen molar-refractivity contribution < 1.29 is 4.79 Å². The van der Waals surface area contributed by atoms with Gasteiger partial charge in [0.25, 0.3) is 0 Å². The molecule has 0 spiro atoms. The smallest absolute Gasteiger partial charge is 0.321 e. The van der Waals surface area contributed by atoms with E-state index < -0.39 is 0 Å². The maximum absolute atomic E-state index is 12.5.